The number of ether oxygens (including phenoxy) is 2. The molecule has 2 aromatic rings. The molecule has 0 radical (unpaired) electrons. The van der Waals surface area contributed by atoms with Crippen molar-refractivity contribution in [2.45, 2.75) is 13.8 Å². The van der Waals surface area contributed by atoms with Crippen LogP contribution in [0.4, 0.5) is 10.5 Å². The highest BCUT2D eigenvalue weighted by Crippen LogP contribution is 2.22. The molecular weight excluding hydrogens is 322 g/mol. The molecule has 1 saturated heterocycles. The van der Waals surface area contributed by atoms with Gasteiger partial charge in [-0.3, -0.25) is 9.58 Å². The number of aryl methyl sites for hydroxylation is 2. The van der Waals surface area contributed by atoms with Crippen LogP contribution in [0.1, 0.15) is 17.0 Å². The first kappa shape index (κ1) is 16.8. The fraction of sp³-hybridized carbons (Fsp3) is 0.278. The van der Waals surface area contributed by atoms with Gasteiger partial charge in [0.1, 0.15) is 12.4 Å². The van der Waals surface area contributed by atoms with Gasteiger partial charge in [-0.15, -0.1) is 0 Å². The van der Waals surface area contributed by atoms with E-state index < -0.39 is 5.97 Å². The minimum Gasteiger partial charge on any atom is -0.447 e. The van der Waals surface area contributed by atoms with E-state index in [2.05, 4.69) is 5.10 Å². The third kappa shape index (κ3) is 3.55. The Balaban J connectivity index is 1.65. The van der Waals surface area contributed by atoms with Gasteiger partial charge in [0.05, 0.1) is 12.2 Å². The summed E-state index contributed by atoms with van der Waals surface area (Å²) in [6.45, 7) is 4.73. The van der Waals surface area contributed by atoms with Crippen LogP contribution < -0.4 is 9.64 Å². The number of aromatic nitrogens is 2. The molecule has 0 saturated carbocycles. The van der Waals surface area contributed by atoms with Crippen LogP contribution in [0.15, 0.2) is 30.3 Å². The van der Waals surface area contributed by atoms with Crippen molar-refractivity contribution in [1.29, 1.82) is 0 Å². The van der Waals surface area contributed by atoms with Crippen LogP contribution in [-0.4, -0.2) is 35.0 Å². The van der Waals surface area contributed by atoms with E-state index in [0.717, 1.165) is 17.0 Å². The monoisotopic (exact) mass is 341 g/mol. The molecule has 1 fully saturated rings. The maximum absolute atomic E-state index is 12.0. The van der Waals surface area contributed by atoms with E-state index in [1.807, 2.05) is 20.9 Å². The van der Waals surface area contributed by atoms with Crippen LogP contribution in [0.3, 0.4) is 0 Å². The molecule has 130 valence electrons. The van der Waals surface area contributed by atoms with Gasteiger partial charge in [-0.2, -0.15) is 5.10 Å². The van der Waals surface area contributed by atoms with Crippen molar-refractivity contribution in [3.05, 3.63) is 47.3 Å². The Morgan fingerprint density at radius 1 is 1.28 bits per heavy atom. The number of esters is 1. The fourth-order valence-electron chi connectivity index (χ4n) is 2.65. The van der Waals surface area contributed by atoms with Crippen molar-refractivity contribution in [2.24, 2.45) is 7.05 Å². The number of nitrogens with zero attached hydrogens (tertiary/aromatic N) is 3. The highest BCUT2D eigenvalue weighted by molar-refractivity contribution is 5.90. The molecule has 0 aliphatic carbocycles. The Kier molecular flexibility index (Phi) is 4.56. The van der Waals surface area contributed by atoms with Gasteiger partial charge in [0.2, 0.25) is 0 Å². The van der Waals surface area contributed by atoms with Crippen LogP contribution in [-0.2, 0) is 16.6 Å². The van der Waals surface area contributed by atoms with Crippen LogP contribution in [0, 0.1) is 13.8 Å². The Morgan fingerprint density at radius 2 is 2.00 bits per heavy atom. The number of hydrogen-bond acceptors (Lipinski definition) is 5. The maximum Gasteiger partial charge on any atom is 0.414 e. The van der Waals surface area contributed by atoms with E-state index in [-0.39, 0.29) is 6.09 Å². The summed E-state index contributed by atoms with van der Waals surface area (Å²) in [5.74, 6) is -0.0680. The molecule has 0 unspecified atom stereocenters. The number of carbonyl (C=O) groups is 2. The highest BCUT2D eigenvalue weighted by Gasteiger charge is 2.23. The standard InChI is InChI=1S/C18H19N3O4/c1-12-16(13(2)20(3)19-12)8-9-17(22)25-15-6-4-14(5-7-15)21-10-11-24-18(21)23/h4-9H,10-11H2,1-3H3. The summed E-state index contributed by atoms with van der Waals surface area (Å²) in [5.41, 5.74) is 3.44. The van der Waals surface area contributed by atoms with Gasteiger partial charge < -0.3 is 9.47 Å². The summed E-state index contributed by atoms with van der Waals surface area (Å²) in [5, 5.41) is 4.30. The van der Waals surface area contributed by atoms with E-state index in [0.29, 0.717) is 24.6 Å². The maximum atomic E-state index is 12.0. The largest absolute Gasteiger partial charge is 0.447 e. The van der Waals surface area contributed by atoms with Crippen LogP contribution in [0.5, 0.6) is 5.75 Å². The quantitative estimate of drug-likeness (QED) is 0.485. The predicted molar refractivity (Wildman–Crippen MR) is 92.5 cm³/mol. The Bertz CT molecular complexity index is 837. The first-order valence-corrected chi connectivity index (χ1v) is 7.90. The molecule has 0 atom stereocenters. The minimum atomic E-state index is -0.476. The van der Waals surface area contributed by atoms with E-state index in [9.17, 15) is 9.59 Å². The zero-order valence-electron chi connectivity index (χ0n) is 14.4. The predicted octanol–water partition coefficient (Wildman–Crippen LogP) is 2.61. The van der Waals surface area contributed by atoms with Crippen molar-refractivity contribution in [3.63, 3.8) is 0 Å². The molecule has 2 heterocycles. The molecular formula is C18H19N3O4. The van der Waals surface area contributed by atoms with E-state index in [1.54, 1.807) is 35.0 Å². The number of benzene rings is 1. The SMILES string of the molecule is Cc1nn(C)c(C)c1C=CC(=O)Oc1ccc(N2CCOC2=O)cc1. The lowest BCUT2D eigenvalue weighted by Gasteiger charge is -2.12. The third-order valence-corrected chi connectivity index (χ3v) is 4.08. The topological polar surface area (TPSA) is 73.7 Å². The van der Waals surface area contributed by atoms with Gasteiger partial charge >= 0.3 is 12.1 Å². The lowest BCUT2D eigenvalue weighted by Crippen LogP contribution is -2.23. The summed E-state index contributed by atoms with van der Waals surface area (Å²) in [6, 6.07) is 6.73. The summed E-state index contributed by atoms with van der Waals surface area (Å²) < 4.78 is 11.9. The number of anilines is 1. The minimum absolute atomic E-state index is 0.366. The number of cyclic esters (lactones) is 1. The number of hydrogen-bond donors (Lipinski definition) is 0. The lowest BCUT2D eigenvalue weighted by atomic mass is 10.2. The van der Waals surface area contributed by atoms with Crippen molar-refractivity contribution >= 4 is 23.8 Å². The summed E-state index contributed by atoms with van der Waals surface area (Å²) in [7, 11) is 1.86. The number of amides is 1. The van der Waals surface area contributed by atoms with Gasteiger partial charge in [0.15, 0.2) is 0 Å². The second-order valence-corrected chi connectivity index (χ2v) is 5.72. The van der Waals surface area contributed by atoms with Crippen LogP contribution in [0.25, 0.3) is 6.08 Å². The fourth-order valence-corrected chi connectivity index (χ4v) is 2.65. The molecule has 1 aliphatic rings. The van der Waals surface area contributed by atoms with Gasteiger partial charge in [0, 0.05) is 30.1 Å². The molecule has 1 aliphatic heterocycles. The molecule has 1 amide bonds. The molecule has 1 aromatic carbocycles. The molecule has 0 spiro atoms. The molecule has 1 aromatic heterocycles. The highest BCUT2D eigenvalue weighted by atomic mass is 16.6. The molecule has 0 bridgehead atoms. The molecule has 3 rings (SSSR count). The Labute approximate surface area is 145 Å². The molecule has 0 N–H and O–H groups in total. The van der Waals surface area contributed by atoms with Crippen molar-refractivity contribution in [2.75, 3.05) is 18.1 Å². The van der Waals surface area contributed by atoms with Gasteiger partial charge in [0.25, 0.3) is 0 Å². The van der Waals surface area contributed by atoms with E-state index >= 15 is 0 Å². The van der Waals surface area contributed by atoms with E-state index in [4.69, 9.17) is 9.47 Å². The Hall–Kier alpha value is -3.09. The van der Waals surface area contributed by atoms with E-state index in [1.165, 1.54) is 11.0 Å². The average molecular weight is 341 g/mol. The normalized spacial score (nSPS) is 14.2. The summed E-state index contributed by atoms with van der Waals surface area (Å²) >= 11 is 0. The summed E-state index contributed by atoms with van der Waals surface area (Å²) in [6.07, 6.45) is 2.71. The van der Waals surface area contributed by atoms with Crippen molar-refractivity contribution < 1.29 is 19.1 Å². The van der Waals surface area contributed by atoms with Crippen molar-refractivity contribution in [3.8, 4) is 5.75 Å². The number of rotatable bonds is 4. The molecule has 7 heteroatoms. The Morgan fingerprint density at radius 3 is 2.56 bits per heavy atom. The third-order valence-electron chi connectivity index (χ3n) is 4.08. The lowest BCUT2D eigenvalue weighted by molar-refractivity contribution is -0.128. The van der Waals surface area contributed by atoms with Crippen molar-refractivity contribution in [1.82, 2.24) is 9.78 Å². The van der Waals surface area contributed by atoms with Gasteiger partial charge in [-0.1, -0.05) is 0 Å². The molecule has 25 heavy (non-hydrogen) atoms. The zero-order valence-corrected chi connectivity index (χ0v) is 14.4. The number of carbonyl (C=O) groups excluding carboxylic acids is 2. The van der Waals surface area contributed by atoms with Gasteiger partial charge in [-0.25, -0.2) is 9.59 Å². The second-order valence-electron chi connectivity index (χ2n) is 5.72. The first-order chi connectivity index (χ1) is 12.0. The zero-order chi connectivity index (χ0) is 18.0. The first-order valence-electron chi connectivity index (χ1n) is 7.90. The smallest absolute Gasteiger partial charge is 0.414 e. The second kappa shape index (κ2) is 6.80. The average Bonchev–Trinajstić information content (AvgIpc) is 3.10. The van der Waals surface area contributed by atoms with Crippen LogP contribution in [0.2, 0.25) is 0 Å². The molecule has 7 nitrogen and oxygen atoms in total. The van der Waals surface area contributed by atoms with Crippen LogP contribution >= 0.6 is 0 Å². The van der Waals surface area contributed by atoms with Gasteiger partial charge in [-0.05, 0) is 44.2 Å². The summed E-state index contributed by atoms with van der Waals surface area (Å²) in [4.78, 5) is 25.0.